The lowest BCUT2D eigenvalue weighted by Gasteiger charge is -2.33. The third-order valence-electron chi connectivity index (χ3n) is 5.53. The maximum Gasteiger partial charge on any atom is 0.368 e. The molecular weight excluding hydrogens is 382 g/mol. The predicted molar refractivity (Wildman–Crippen MR) is 102 cm³/mol. The van der Waals surface area contributed by atoms with E-state index in [0.29, 0.717) is 12.1 Å². The first kappa shape index (κ1) is 18.9. The fourth-order valence-corrected chi connectivity index (χ4v) is 5.91. The van der Waals surface area contributed by atoms with Crippen molar-refractivity contribution in [3.63, 3.8) is 0 Å². The molecule has 0 bridgehead atoms. The van der Waals surface area contributed by atoms with Gasteiger partial charge < -0.3 is 4.90 Å². The highest BCUT2D eigenvalue weighted by Gasteiger charge is 2.39. The van der Waals surface area contributed by atoms with E-state index in [4.69, 9.17) is 0 Å². The Morgan fingerprint density at radius 2 is 1.79 bits per heavy atom. The highest BCUT2D eigenvalue weighted by molar-refractivity contribution is 7.91. The summed E-state index contributed by atoms with van der Waals surface area (Å²) in [5, 5.41) is 7.71. The maximum absolute atomic E-state index is 13.1. The van der Waals surface area contributed by atoms with Crippen LogP contribution >= 0.6 is 0 Å². The Hall–Kier alpha value is -2.49. The molecule has 0 spiro atoms. The van der Waals surface area contributed by atoms with E-state index in [0.717, 1.165) is 35.0 Å². The first-order chi connectivity index (χ1) is 13.4. The van der Waals surface area contributed by atoms with E-state index < -0.39 is 15.5 Å². The van der Waals surface area contributed by atoms with Crippen molar-refractivity contribution in [3.05, 3.63) is 40.8 Å². The minimum absolute atomic E-state index is 0.000838. The summed E-state index contributed by atoms with van der Waals surface area (Å²) in [7, 11) is -3.11. The molecule has 2 fully saturated rings. The smallest absolute Gasteiger partial charge is 0.334 e. The summed E-state index contributed by atoms with van der Waals surface area (Å²) in [6, 6.07) is 8.58. The molecule has 10 heteroatoms. The molecular formula is C18H23N5O4S. The maximum atomic E-state index is 13.1. The van der Waals surface area contributed by atoms with Crippen LogP contribution in [0.15, 0.2) is 35.1 Å². The molecule has 1 aliphatic heterocycles. The molecule has 1 aromatic carbocycles. The van der Waals surface area contributed by atoms with Crippen LogP contribution in [0, 0.1) is 0 Å². The Kier molecular flexibility index (Phi) is 5.05. The molecule has 1 atom stereocenters. The SMILES string of the molecule is O=C(Cn1nnn(-c2ccccc2)c1=O)N(C1CCCC1)[C@@H]1CCS(=O)(=O)C1. The average molecular weight is 405 g/mol. The van der Waals surface area contributed by atoms with Crippen LogP contribution < -0.4 is 5.69 Å². The van der Waals surface area contributed by atoms with Crippen molar-refractivity contribution < 1.29 is 13.2 Å². The minimum atomic E-state index is -3.11. The Labute approximate surface area is 162 Å². The second kappa shape index (κ2) is 7.50. The molecule has 2 aliphatic rings. The summed E-state index contributed by atoms with van der Waals surface area (Å²) in [4.78, 5) is 27.4. The van der Waals surface area contributed by atoms with Gasteiger partial charge in [-0.1, -0.05) is 31.0 Å². The van der Waals surface area contributed by atoms with Crippen molar-refractivity contribution in [2.45, 2.75) is 50.7 Å². The standard InChI is InChI=1S/C18H23N5O4S/c24-17(12-21-18(25)23(20-19-21)15-8-2-1-3-9-15)22(14-6-4-5-7-14)16-10-11-28(26,27)13-16/h1-3,8-9,14,16H,4-7,10-13H2/t16-/m1/s1. The zero-order valence-electron chi connectivity index (χ0n) is 15.5. The molecule has 2 aromatic rings. The van der Waals surface area contributed by atoms with Crippen LogP contribution in [0.25, 0.3) is 5.69 Å². The number of hydrogen-bond acceptors (Lipinski definition) is 6. The molecule has 4 rings (SSSR count). The van der Waals surface area contributed by atoms with Gasteiger partial charge in [-0.3, -0.25) is 4.79 Å². The van der Waals surface area contributed by atoms with Crippen LogP contribution in [-0.4, -0.2) is 62.6 Å². The lowest BCUT2D eigenvalue weighted by molar-refractivity contribution is -0.136. The highest BCUT2D eigenvalue weighted by atomic mass is 32.2. The number of nitrogens with zero attached hydrogens (tertiary/aromatic N) is 5. The van der Waals surface area contributed by atoms with Gasteiger partial charge in [-0.2, -0.15) is 9.36 Å². The van der Waals surface area contributed by atoms with E-state index in [2.05, 4.69) is 10.4 Å². The summed E-state index contributed by atoms with van der Waals surface area (Å²) in [5.74, 6) is -0.157. The topological polar surface area (TPSA) is 107 Å². The number of benzene rings is 1. The number of aromatic nitrogens is 4. The number of carbonyl (C=O) groups excluding carboxylic acids is 1. The van der Waals surface area contributed by atoms with Crippen LogP contribution in [0.4, 0.5) is 0 Å². The summed E-state index contributed by atoms with van der Waals surface area (Å²) >= 11 is 0. The molecule has 28 heavy (non-hydrogen) atoms. The van der Waals surface area contributed by atoms with Crippen molar-refractivity contribution in [1.82, 2.24) is 24.7 Å². The van der Waals surface area contributed by atoms with Gasteiger partial charge in [-0.15, -0.1) is 0 Å². The summed E-state index contributed by atoms with van der Waals surface area (Å²) in [5.41, 5.74) is 0.0747. The third-order valence-corrected chi connectivity index (χ3v) is 7.28. The summed E-state index contributed by atoms with van der Waals surface area (Å²) in [6.07, 6.45) is 4.24. The van der Waals surface area contributed by atoms with E-state index in [1.165, 1.54) is 0 Å². The predicted octanol–water partition coefficient (Wildman–Crippen LogP) is 0.387. The number of hydrogen-bond donors (Lipinski definition) is 0. The molecule has 1 saturated carbocycles. The largest absolute Gasteiger partial charge is 0.368 e. The van der Waals surface area contributed by atoms with Crippen LogP contribution in [0.5, 0.6) is 0 Å². The summed E-state index contributed by atoms with van der Waals surface area (Å²) < 4.78 is 26.1. The van der Waals surface area contributed by atoms with E-state index in [9.17, 15) is 18.0 Å². The van der Waals surface area contributed by atoms with Gasteiger partial charge >= 0.3 is 5.69 Å². The second-order valence-electron chi connectivity index (χ2n) is 7.46. The number of para-hydroxylation sites is 1. The minimum Gasteiger partial charge on any atom is -0.334 e. The molecule has 0 unspecified atom stereocenters. The normalized spacial score (nSPS) is 21.8. The number of rotatable bonds is 5. The highest BCUT2D eigenvalue weighted by Crippen LogP contribution is 2.29. The average Bonchev–Trinajstić information content (AvgIpc) is 3.39. The van der Waals surface area contributed by atoms with Crippen molar-refractivity contribution in [2.75, 3.05) is 11.5 Å². The van der Waals surface area contributed by atoms with Crippen LogP contribution in [0.3, 0.4) is 0 Å². The van der Waals surface area contributed by atoms with Crippen molar-refractivity contribution in [3.8, 4) is 5.69 Å². The van der Waals surface area contributed by atoms with Gasteiger partial charge in [0.25, 0.3) is 0 Å². The van der Waals surface area contributed by atoms with Gasteiger partial charge in [0.05, 0.1) is 17.2 Å². The quantitative estimate of drug-likeness (QED) is 0.712. The number of sulfone groups is 1. The van der Waals surface area contributed by atoms with E-state index in [-0.39, 0.29) is 36.0 Å². The van der Waals surface area contributed by atoms with Crippen LogP contribution in [0.1, 0.15) is 32.1 Å². The van der Waals surface area contributed by atoms with Gasteiger partial charge in [0.2, 0.25) is 5.91 Å². The molecule has 1 saturated heterocycles. The second-order valence-corrected chi connectivity index (χ2v) is 9.69. The zero-order chi connectivity index (χ0) is 19.7. The molecule has 1 amide bonds. The Bertz CT molecular complexity index is 1010. The van der Waals surface area contributed by atoms with Gasteiger partial charge in [0.1, 0.15) is 6.54 Å². The zero-order valence-corrected chi connectivity index (χ0v) is 16.3. The third kappa shape index (κ3) is 3.73. The Morgan fingerprint density at radius 1 is 1.07 bits per heavy atom. The molecule has 9 nitrogen and oxygen atoms in total. The summed E-state index contributed by atoms with van der Waals surface area (Å²) in [6.45, 7) is -0.237. The molecule has 150 valence electrons. The fraction of sp³-hybridized carbons (Fsp3) is 0.556. The van der Waals surface area contributed by atoms with E-state index in [1.807, 2.05) is 6.07 Å². The van der Waals surface area contributed by atoms with Crippen LogP contribution in [0.2, 0.25) is 0 Å². The van der Waals surface area contributed by atoms with Gasteiger partial charge in [-0.25, -0.2) is 13.2 Å². The van der Waals surface area contributed by atoms with Gasteiger partial charge in [0, 0.05) is 12.1 Å². The van der Waals surface area contributed by atoms with E-state index in [1.54, 1.807) is 29.2 Å². The Balaban J connectivity index is 1.57. The van der Waals surface area contributed by atoms with Gasteiger partial charge in [0.15, 0.2) is 9.84 Å². The molecule has 1 aliphatic carbocycles. The number of carbonyl (C=O) groups is 1. The number of amides is 1. The van der Waals surface area contributed by atoms with E-state index >= 15 is 0 Å². The van der Waals surface area contributed by atoms with Crippen molar-refractivity contribution in [2.24, 2.45) is 0 Å². The van der Waals surface area contributed by atoms with Gasteiger partial charge in [-0.05, 0) is 41.8 Å². The monoisotopic (exact) mass is 405 g/mol. The Morgan fingerprint density at radius 3 is 2.43 bits per heavy atom. The molecule has 0 N–H and O–H groups in total. The van der Waals surface area contributed by atoms with Crippen molar-refractivity contribution >= 4 is 15.7 Å². The first-order valence-corrected chi connectivity index (χ1v) is 11.4. The lowest BCUT2D eigenvalue weighted by Crippen LogP contribution is -2.49. The molecule has 1 aromatic heterocycles. The molecule has 2 heterocycles. The number of tetrazole rings is 1. The first-order valence-electron chi connectivity index (χ1n) is 9.54. The van der Waals surface area contributed by atoms with Crippen molar-refractivity contribution in [1.29, 1.82) is 0 Å². The molecule has 0 radical (unpaired) electrons. The fourth-order valence-electron chi connectivity index (χ4n) is 4.20. The van der Waals surface area contributed by atoms with Crippen LogP contribution in [-0.2, 0) is 21.2 Å². The lowest BCUT2D eigenvalue weighted by atomic mass is 10.1.